The van der Waals surface area contributed by atoms with Crippen LogP contribution in [0.5, 0.6) is 5.75 Å². The summed E-state index contributed by atoms with van der Waals surface area (Å²) in [7, 11) is 0. The molecule has 6 nitrogen and oxygen atoms in total. The van der Waals surface area contributed by atoms with Gasteiger partial charge in [-0.2, -0.15) is 0 Å². The van der Waals surface area contributed by atoms with Gasteiger partial charge < -0.3 is 15.4 Å². The molecule has 0 bridgehead atoms. The molecule has 0 saturated carbocycles. The number of benzene rings is 1. The molecular weight excluding hydrogens is 350 g/mol. The predicted octanol–water partition coefficient (Wildman–Crippen LogP) is 2.97. The Balaban J connectivity index is 1.99. The third-order valence-electron chi connectivity index (χ3n) is 4.31. The summed E-state index contributed by atoms with van der Waals surface area (Å²) < 4.78 is 6.05. The van der Waals surface area contributed by atoms with Gasteiger partial charge in [-0.15, -0.1) is 0 Å². The number of piperidine rings is 1. The topological polar surface area (TPSA) is 84.7 Å². The zero-order valence-corrected chi connectivity index (χ0v) is 16.0. The number of nitrogens with zero attached hydrogens (tertiary/aromatic N) is 1. The molecule has 1 aromatic rings. The Morgan fingerprint density at radius 2 is 2.23 bits per heavy atom. The molecule has 140 valence electrons. The molecule has 0 radical (unpaired) electrons. The molecule has 0 aromatic heterocycles. The maximum Gasteiger partial charge on any atom is 0.290 e. The molecular formula is C19H25N3O3S. The van der Waals surface area contributed by atoms with E-state index in [1.165, 1.54) is 0 Å². The first-order valence-electron chi connectivity index (χ1n) is 8.95. The first-order chi connectivity index (χ1) is 12.4. The number of imide groups is 1. The van der Waals surface area contributed by atoms with Gasteiger partial charge in [0.25, 0.3) is 11.1 Å². The summed E-state index contributed by atoms with van der Waals surface area (Å²) in [4.78, 5) is 26.0. The van der Waals surface area contributed by atoms with Gasteiger partial charge in [-0.3, -0.25) is 14.9 Å². The highest BCUT2D eigenvalue weighted by Gasteiger charge is 2.27. The number of anilines is 1. The number of nitrogens with one attached hydrogen (secondary N) is 1. The van der Waals surface area contributed by atoms with Crippen LogP contribution in [0.1, 0.15) is 32.3 Å². The van der Waals surface area contributed by atoms with Crippen molar-refractivity contribution in [2.75, 3.05) is 24.6 Å². The smallest absolute Gasteiger partial charge is 0.290 e. The average Bonchev–Trinajstić information content (AvgIpc) is 2.90. The highest BCUT2D eigenvalue weighted by molar-refractivity contribution is 8.18. The van der Waals surface area contributed by atoms with Crippen molar-refractivity contribution < 1.29 is 14.3 Å². The number of rotatable bonds is 5. The Morgan fingerprint density at radius 3 is 2.88 bits per heavy atom. The van der Waals surface area contributed by atoms with Crippen molar-refractivity contribution in [3.05, 3.63) is 28.7 Å². The molecule has 2 saturated heterocycles. The van der Waals surface area contributed by atoms with Gasteiger partial charge in [0.05, 0.1) is 17.2 Å². The first-order valence-corrected chi connectivity index (χ1v) is 9.77. The van der Waals surface area contributed by atoms with Crippen molar-refractivity contribution in [1.82, 2.24) is 5.32 Å². The van der Waals surface area contributed by atoms with Crippen molar-refractivity contribution in [2.45, 2.75) is 32.7 Å². The van der Waals surface area contributed by atoms with E-state index in [1.807, 2.05) is 18.2 Å². The number of carbonyl (C=O) groups excluding carboxylic acids is 2. The summed E-state index contributed by atoms with van der Waals surface area (Å²) >= 11 is 0.926. The number of hydrogen-bond acceptors (Lipinski definition) is 6. The van der Waals surface area contributed by atoms with E-state index >= 15 is 0 Å². The van der Waals surface area contributed by atoms with Crippen molar-refractivity contribution in [2.24, 2.45) is 11.7 Å². The van der Waals surface area contributed by atoms with Crippen LogP contribution in [0.25, 0.3) is 6.08 Å². The molecule has 26 heavy (non-hydrogen) atoms. The first kappa shape index (κ1) is 18.8. The van der Waals surface area contributed by atoms with Gasteiger partial charge >= 0.3 is 0 Å². The highest BCUT2D eigenvalue weighted by Crippen LogP contribution is 2.37. The third kappa shape index (κ3) is 4.40. The molecule has 2 aliphatic rings. The molecule has 2 amide bonds. The average molecular weight is 375 g/mol. The van der Waals surface area contributed by atoms with E-state index < -0.39 is 0 Å². The number of amides is 2. The molecule has 2 fully saturated rings. The monoisotopic (exact) mass is 375 g/mol. The second kappa shape index (κ2) is 8.14. The normalized spacial score (nSPS) is 22.2. The zero-order chi connectivity index (χ0) is 18.7. The number of hydrogen-bond donors (Lipinski definition) is 2. The number of carbonyl (C=O) groups is 2. The molecule has 0 spiro atoms. The maximum absolute atomic E-state index is 11.9. The fourth-order valence-electron chi connectivity index (χ4n) is 3.14. The van der Waals surface area contributed by atoms with E-state index in [1.54, 1.807) is 6.08 Å². The Labute approximate surface area is 158 Å². The van der Waals surface area contributed by atoms with Gasteiger partial charge in [0.15, 0.2) is 0 Å². The molecule has 0 unspecified atom stereocenters. The number of nitrogens with two attached hydrogens (primary N) is 1. The van der Waals surface area contributed by atoms with Gasteiger partial charge in [-0.05, 0) is 42.7 Å². The number of ether oxygens (including phenoxy) is 1. The zero-order valence-electron chi connectivity index (χ0n) is 15.2. The van der Waals surface area contributed by atoms with Gasteiger partial charge in [0.2, 0.25) is 0 Å². The van der Waals surface area contributed by atoms with Crippen LogP contribution in [0.4, 0.5) is 10.5 Å². The van der Waals surface area contributed by atoms with E-state index in [0.29, 0.717) is 17.4 Å². The summed E-state index contributed by atoms with van der Waals surface area (Å²) in [6, 6.07) is 5.93. The fourth-order valence-corrected chi connectivity index (χ4v) is 3.82. The summed E-state index contributed by atoms with van der Waals surface area (Å²) in [5.41, 5.74) is 7.99. The molecule has 7 heteroatoms. The van der Waals surface area contributed by atoms with Gasteiger partial charge in [0, 0.05) is 24.7 Å². The fraction of sp³-hybridized carbons (Fsp3) is 0.474. The maximum atomic E-state index is 11.9. The second-order valence-electron chi connectivity index (χ2n) is 7.10. The minimum absolute atomic E-state index is 0.119. The van der Waals surface area contributed by atoms with E-state index in [9.17, 15) is 9.59 Å². The summed E-state index contributed by atoms with van der Waals surface area (Å²) in [6.45, 7) is 6.46. The molecule has 3 rings (SSSR count). The Kier molecular flexibility index (Phi) is 5.88. The Hall–Kier alpha value is -1.99. The van der Waals surface area contributed by atoms with Crippen LogP contribution >= 0.6 is 11.8 Å². The molecule has 0 aliphatic carbocycles. The van der Waals surface area contributed by atoms with E-state index in [0.717, 1.165) is 54.7 Å². The van der Waals surface area contributed by atoms with E-state index in [2.05, 4.69) is 24.1 Å². The SMILES string of the molecule is CC(C)COc1cccc(/C=C2\SC(=O)NC2=O)c1N1CCC[C@@H](N)C1. The molecule has 1 aromatic carbocycles. The molecule has 3 N–H and O–H groups in total. The predicted molar refractivity (Wildman–Crippen MR) is 105 cm³/mol. The molecule has 2 aliphatic heterocycles. The lowest BCUT2D eigenvalue weighted by Gasteiger charge is -2.34. The Bertz CT molecular complexity index is 733. The van der Waals surface area contributed by atoms with Crippen molar-refractivity contribution in [1.29, 1.82) is 0 Å². The lowest BCUT2D eigenvalue weighted by molar-refractivity contribution is -0.115. The van der Waals surface area contributed by atoms with Crippen molar-refractivity contribution in [3.8, 4) is 5.75 Å². The van der Waals surface area contributed by atoms with Gasteiger partial charge in [-0.1, -0.05) is 26.0 Å². The van der Waals surface area contributed by atoms with Crippen LogP contribution in [-0.4, -0.2) is 36.9 Å². The minimum Gasteiger partial charge on any atom is -0.491 e. The van der Waals surface area contributed by atoms with Crippen molar-refractivity contribution in [3.63, 3.8) is 0 Å². The standard InChI is InChI=1S/C19H25N3O3S/c1-12(2)11-25-15-7-3-5-13(9-16-18(23)21-19(24)26-16)17(15)22-8-4-6-14(20)10-22/h3,5,7,9,12,14H,4,6,8,10-11,20H2,1-2H3,(H,21,23,24)/b16-9-/t14-/m1/s1. The van der Waals surface area contributed by atoms with Crippen LogP contribution in [0.15, 0.2) is 23.1 Å². The highest BCUT2D eigenvalue weighted by atomic mass is 32.2. The lowest BCUT2D eigenvalue weighted by atomic mass is 10.0. The quantitative estimate of drug-likeness (QED) is 0.770. The summed E-state index contributed by atoms with van der Waals surface area (Å²) in [6.07, 6.45) is 3.79. The number of thioether (sulfide) groups is 1. The van der Waals surface area contributed by atoms with Crippen molar-refractivity contribution >= 4 is 34.7 Å². The number of para-hydroxylation sites is 1. The van der Waals surface area contributed by atoms with Crippen LogP contribution in [0.3, 0.4) is 0 Å². The van der Waals surface area contributed by atoms with Gasteiger partial charge in [-0.25, -0.2) is 0 Å². The molecule has 2 heterocycles. The van der Waals surface area contributed by atoms with Crippen LogP contribution < -0.4 is 20.7 Å². The molecule has 1 atom stereocenters. The van der Waals surface area contributed by atoms with Crippen LogP contribution in [0, 0.1) is 5.92 Å². The largest absolute Gasteiger partial charge is 0.491 e. The summed E-state index contributed by atoms with van der Waals surface area (Å²) in [5, 5.41) is 1.96. The van der Waals surface area contributed by atoms with E-state index in [4.69, 9.17) is 10.5 Å². The van der Waals surface area contributed by atoms with Gasteiger partial charge in [0.1, 0.15) is 5.75 Å². The third-order valence-corrected chi connectivity index (χ3v) is 5.12. The summed E-state index contributed by atoms with van der Waals surface area (Å²) in [5.74, 6) is 0.842. The van der Waals surface area contributed by atoms with E-state index in [-0.39, 0.29) is 17.2 Å². The van der Waals surface area contributed by atoms with Crippen LogP contribution in [-0.2, 0) is 4.79 Å². The lowest BCUT2D eigenvalue weighted by Crippen LogP contribution is -2.43. The minimum atomic E-state index is -0.352. The second-order valence-corrected chi connectivity index (χ2v) is 8.11. The Morgan fingerprint density at radius 1 is 1.42 bits per heavy atom. The van der Waals surface area contributed by atoms with Crippen LogP contribution in [0.2, 0.25) is 0 Å².